The predicted octanol–water partition coefficient (Wildman–Crippen LogP) is 2.22. The highest BCUT2D eigenvalue weighted by Gasteiger charge is 2.54. The first-order valence-corrected chi connectivity index (χ1v) is 5.30. The van der Waals surface area contributed by atoms with E-state index in [1.807, 2.05) is 13.8 Å². The van der Waals surface area contributed by atoms with Gasteiger partial charge < -0.3 is 10.4 Å². The van der Waals surface area contributed by atoms with Crippen LogP contribution in [-0.4, -0.2) is 29.0 Å². The van der Waals surface area contributed by atoms with Gasteiger partial charge in [-0.15, -0.1) is 0 Å². The van der Waals surface area contributed by atoms with Crippen molar-refractivity contribution in [1.29, 1.82) is 0 Å². The standard InChI is InChI=1S/C10H18F3NO/c1-7(2)14-8-3-5-9(15,6-4-8)10(11,12)13/h7-8,14-15H,3-6H2,1-2H3/t8-,9-. The molecule has 0 aromatic carbocycles. The zero-order chi connectivity index (χ0) is 11.7. The molecule has 0 aromatic heterocycles. The molecule has 2 nitrogen and oxygen atoms in total. The Labute approximate surface area is 87.9 Å². The summed E-state index contributed by atoms with van der Waals surface area (Å²) in [6.07, 6.45) is -4.11. The summed E-state index contributed by atoms with van der Waals surface area (Å²) in [5, 5.41) is 12.6. The van der Waals surface area contributed by atoms with E-state index in [-0.39, 0.29) is 24.9 Å². The van der Waals surface area contributed by atoms with E-state index in [4.69, 9.17) is 0 Å². The highest BCUT2D eigenvalue weighted by molar-refractivity contribution is 4.93. The van der Waals surface area contributed by atoms with Gasteiger partial charge in [0.2, 0.25) is 0 Å². The molecule has 1 aliphatic carbocycles. The molecule has 1 saturated carbocycles. The summed E-state index contributed by atoms with van der Waals surface area (Å²) in [6, 6.07) is 0.375. The topological polar surface area (TPSA) is 32.3 Å². The normalized spacial score (nSPS) is 33.4. The van der Waals surface area contributed by atoms with Gasteiger partial charge in [-0.25, -0.2) is 0 Å². The second-order valence-electron chi connectivity index (χ2n) is 4.62. The van der Waals surface area contributed by atoms with Crippen molar-refractivity contribution in [3.05, 3.63) is 0 Å². The summed E-state index contributed by atoms with van der Waals surface area (Å²) in [4.78, 5) is 0. The highest BCUT2D eigenvalue weighted by atomic mass is 19.4. The van der Waals surface area contributed by atoms with Gasteiger partial charge >= 0.3 is 6.18 Å². The minimum Gasteiger partial charge on any atom is -0.380 e. The number of halogens is 3. The Hall–Kier alpha value is -0.290. The van der Waals surface area contributed by atoms with Crippen LogP contribution in [-0.2, 0) is 0 Å². The number of aliphatic hydroxyl groups is 1. The monoisotopic (exact) mass is 225 g/mol. The highest BCUT2D eigenvalue weighted by Crippen LogP contribution is 2.41. The summed E-state index contributed by atoms with van der Waals surface area (Å²) >= 11 is 0. The zero-order valence-electron chi connectivity index (χ0n) is 9.06. The fraction of sp³-hybridized carbons (Fsp3) is 1.00. The van der Waals surface area contributed by atoms with Crippen molar-refractivity contribution < 1.29 is 18.3 Å². The van der Waals surface area contributed by atoms with Crippen molar-refractivity contribution in [3.8, 4) is 0 Å². The van der Waals surface area contributed by atoms with Crippen LogP contribution in [0, 0.1) is 0 Å². The van der Waals surface area contributed by atoms with Gasteiger partial charge in [0.05, 0.1) is 0 Å². The maximum Gasteiger partial charge on any atom is 0.417 e. The summed E-state index contributed by atoms with van der Waals surface area (Å²) < 4.78 is 37.3. The molecule has 2 N–H and O–H groups in total. The van der Waals surface area contributed by atoms with E-state index < -0.39 is 11.8 Å². The lowest BCUT2D eigenvalue weighted by Crippen LogP contribution is -2.51. The second kappa shape index (κ2) is 4.29. The van der Waals surface area contributed by atoms with E-state index in [1.54, 1.807) is 0 Å². The molecule has 0 saturated heterocycles. The van der Waals surface area contributed by atoms with Gasteiger partial charge in [0.25, 0.3) is 0 Å². The smallest absolute Gasteiger partial charge is 0.380 e. The van der Waals surface area contributed by atoms with E-state index in [0.717, 1.165) is 0 Å². The van der Waals surface area contributed by atoms with Gasteiger partial charge in [0, 0.05) is 12.1 Å². The molecule has 15 heavy (non-hydrogen) atoms. The first-order chi connectivity index (χ1) is 6.74. The van der Waals surface area contributed by atoms with Crippen LogP contribution in [0.15, 0.2) is 0 Å². The summed E-state index contributed by atoms with van der Waals surface area (Å²) in [5.74, 6) is 0. The Kier molecular flexibility index (Phi) is 3.66. The molecule has 5 heteroatoms. The van der Waals surface area contributed by atoms with Crippen molar-refractivity contribution in [2.45, 2.75) is 63.4 Å². The fourth-order valence-corrected chi connectivity index (χ4v) is 2.02. The van der Waals surface area contributed by atoms with Crippen LogP contribution in [0.3, 0.4) is 0 Å². The number of hydrogen-bond donors (Lipinski definition) is 2. The van der Waals surface area contributed by atoms with Crippen molar-refractivity contribution in [2.24, 2.45) is 0 Å². The maximum atomic E-state index is 12.4. The second-order valence-corrected chi connectivity index (χ2v) is 4.62. The molecule has 0 radical (unpaired) electrons. The Morgan fingerprint density at radius 1 is 1.27 bits per heavy atom. The molecule has 0 heterocycles. The van der Waals surface area contributed by atoms with Crippen molar-refractivity contribution >= 4 is 0 Å². The van der Waals surface area contributed by atoms with Crippen LogP contribution in [0.2, 0.25) is 0 Å². The summed E-state index contributed by atoms with van der Waals surface area (Å²) in [6.45, 7) is 3.93. The van der Waals surface area contributed by atoms with Crippen LogP contribution in [0.25, 0.3) is 0 Å². The first-order valence-electron chi connectivity index (χ1n) is 5.30. The third-order valence-electron chi connectivity index (χ3n) is 2.91. The van der Waals surface area contributed by atoms with Gasteiger partial charge in [-0.2, -0.15) is 13.2 Å². The van der Waals surface area contributed by atoms with Crippen molar-refractivity contribution in [2.75, 3.05) is 0 Å². The quantitative estimate of drug-likeness (QED) is 0.755. The third-order valence-corrected chi connectivity index (χ3v) is 2.91. The summed E-state index contributed by atoms with van der Waals surface area (Å²) in [5.41, 5.74) is -2.46. The molecule has 0 unspecified atom stereocenters. The lowest BCUT2D eigenvalue weighted by Gasteiger charge is -2.38. The predicted molar refractivity (Wildman–Crippen MR) is 51.5 cm³/mol. The van der Waals surface area contributed by atoms with Crippen LogP contribution in [0.1, 0.15) is 39.5 Å². The molecule has 0 amide bonds. The Morgan fingerprint density at radius 3 is 2.07 bits per heavy atom. The molecular weight excluding hydrogens is 207 g/mol. The molecule has 0 bridgehead atoms. The first kappa shape index (κ1) is 12.8. The Bertz CT molecular complexity index is 207. The largest absolute Gasteiger partial charge is 0.417 e. The number of nitrogens with one attached hydrogen (secondary N) is 1. The van der Waals surface area contributed by atoms with E-state index in [0.29, 0.717) is 12.8 Å². The van der Waals surface area contributed by atoms with Crippen LogP contribution >= 0.6 is 0 Å². The Morgan fingerprint density at radius 2 is 1.73 bits per heavy atom. The minimum atomic E-state index is -4.49. The zero-order valence-corrected chi connectivity index (χ0v) is 9.06. The molecule has 1 fully saturated rings. The van der Waals surface area contributed by atoms with Gasteiger partial charge in [0.1, 0.15) is 0 Å². The average Bonchev–Trinajstić information content (AvgIpc) is 2.06. The lowest BCUT2D eigenvalue weighted by molar-refractivity contribution is -0.270. The number of alkyl halides is 3. The van der Waals surface area contributed by atoms with E-state index in [1.165, 1.54) is 0 Å². The SMILES string of the molecule is CC(C)N[C@H]1CC[C@@](O)(C(F)(F)F)CC1. The average molecular weight is 225 g/mol. The Balaban J connectivity index is 2.48. The van der Waals surface area contributed by atoms with Gasteiger partial charge in [-0.3, -0.25) is 0 Å². The molecule has 0 aliphatic heterocycles. The molecule has 1 rings (SSSR count). The van der Waals surface area contributed by atoms with E-state index in [2.05, 4.69) is 5.32 Å². The van der Waals surface area contributed by atoms with E-state index >= 15 is 0 Å². The molecule has 90 valence electrons. The minimum absolute atomic E-state index is 0.104. The van der Waals surface area contributed by atoms with Crippen molar-refractivity contribution in [3.63, 3.8) is 0 Å². The molecular formula is C10H18F3NO. The van der Waals surface area contributed by atoms with Gasteiger partial charge in [0.15, 0.2) is 5.60 Å². The van der Waals surface area contributed by atoms with Crippen LogP contribution < -0.4 is 5.32 Å². The molecule has 0 atom stereocenters. The lowest BCUT2D eigenvalue weighted by atomic mass is 9.81. The fourth-order valence-electron chi connectivity index (χ4n) is 2.02. The number of hydrogen-bond acceptors (Lipinski definition) is 2. The molecule has 1 aliphatic rings. The maximum absolute atomic E-state index is 12.4. The number of rotatable bonds is 2. The summed E-state index contributed by atoms with van der Waals surface area (Å²) in [7, 11) is 0. The third kappa shape index (κ3) is 3.08. The van der Waals surface area contributed by atoms with Crippen molar-refractivity contribution in [1.82, 2.24) is 5.32 Å². The molecule has 0 aromatic rings. The molecule has 0 spiro atoms. The van der Waals surface area contributed by atoms with Gasteiger partial charge in [-0.05, 0) is 25.7 Å². The van der Waals surface area contributed by atoms with Crippen LogP contribution in [0.4, 0.5) is 13.2 Å². The van der Waals surface area contributed by atoms with E-state index in [9.17, 15) is 18.3 Å². The van der Waals surface area contributed by atoms with Gasteiger partial charge in [-0.1, -0.05) is 13.8 Å². The van der Waals surface area contributed by atoms with Crippen LogP contribution in [0.5, 0.6) is 0 Å².